The van der Waals surface area contributed by atoms with Gasteiger partial charge in [-0.3, -0.25) is 4.79 Å². The van der Waals surface area contributed by atoms with Crippen LogP contribution in [0.4, 0.5) is 10.3 Å². The predicted octanol–water partition coefficient (Wildman–Crippen LogP) is 1.63. The van der Waals surface area contributed by atoms with Crippen LogP contribution in [0, 0.1) is 12.3 Å². The van der Waals surface area contributed by atoms with Crippen molar-refractivity contribution in [1.82, 2.24) is 5.32 Å². The molecule has 0 unspecified atom stereocenters. The van der Waals surface area contributed by atoms with Crippen molar-refractivity contribution in [1.29, 1.82) is 0 Å². The Morgan fingerprint density at radius 1 is 1.65 bits per heavy atom. The van der Waals surface area contributed by atoms with E-state index in [4.69, 9.17) is 16.6 Å². The van der Waals surface area contributed by atoms with E-state index < -0.39 is 12.6 Å². The van der Waals surface area contributed by atoms with E-state index in [2.05, 4.69) is 11.2 Å². The first kappa shape index (κ1) is 12.6. The van der Waals surface area contributed by atoms with Crippen molar-refractivity contribution in [2.75, 3.05) is 12.4 Å². The number of hydrogen-bond donors (Lipinski definition) is 2. The summed E-state index contributed by atoms with van der Waals surface area (Å²) < 4.78 is 17.4. The molecular weight excluding hydrogens is 223 g/mol. The topological polar surface area (TPSA) is 68.3 Å². The summed E-state index contributed by atoms with van der Waals surface area (Å²) in [5.41, 5.74) is 5.39. The number of hydrogen-bond acceptors (Lipinski definition) is 3. The van der Waals surface area contributed by atoms with Crippen molar-refractivity contribution < 1.29 is 13.6 Å². The molecule has 0 aromatic carbocycles. The second-order valence-electron chi connectivity index (χ2n) is 3.01. The van der Waals surface area contributed by atoms with Crippen LogP contribution in [-0.4, -0.2) is 12.6 Å². The number of anilines is 1. The smallest absolute Gasteiger partial charge is 0.291 e. The van der Waals surface area contributed by atoms with Gasteiger partial charge in [-0.1, -0.05) is 12.0 Å². The molecule has 1 aromatic heterocycles. The van der Waals surface area contributed by atoms with Crippen molar-refractivity contribution in [3.05, 3.63) is 41.8 Å². The van der Waals surface area contributed by atoms with Crippen LogP contribution in [0.1, 0.15) is 10.6 Å². The molecule has 1 heterocycles. The first-order valence-electron chi connectivity index (χ1n) is 4.72. The van der Waals surface area contributed by atoms with Gasteiger partial charge in [-0.25, -0.2) is 4.39 Å². The van der Waals surface area contributed by atoms with Crippen molar-refractivity contribution in [2.45, 2.75) is 0 Å². The van der Waals surface area contributed by atoms with Gasteiger partial charge in [-0.2, -0.15) is 0 Å². The Balaban J connectivity index is 2.69. The number of carbonyl (C=O) groups excluding carboxylic acids is 1. The van der Waals surface area contributed by atoms with Crippen LogP contribution in [0.2, 0.25) is 0 Å². The molecule has 4 nitrogen and oxygen atoms in total. The molecule has 0 bridgehead atoms. The zero-order valence-corrected chi connectivity index (χ0v) is 8.94. The third-order valence-corrected chi connectivity index (χ3v) is 1.76. The van der Waals surface area contributed by atoms with E-state index in [0.29, 0.717) is 0 Å². The molecule has 1 amide bonds. The Labute approximate surface area is 98.0 Å². The highest BCUT2D eigenvalue weighted by atomic mass is 19.1. The van der Waals surface area contributed by atoms with Gasteiger partial charge in [0, 0.05) is 11.8 Å². The lowest BCUT2D eigenvalue weighted by Gasteiger charge is -2.03. The number of nitrogens with two attached hydrogens (primary N) is 1. The van der Waals surface area contributed by atoms with E-state index in [1.807, 2.05) is 0 Å². The third kappa shape index (κ3) is 3.87. The zero-order valence-electron chi connectivity index (χ0n) is 8.94. The van der Waals surface area contributed by atoms with Gasteiger partial charge in [0.2, 0.25) is 0 Å². The van der Waals surface area contributed by atoms with E-state index in [1.54, 1.807) is 0 Å². The quantitative estimate of drug-likeness (QED) is 0.614. The molecule has 3 N–H and O–H groups in total. The molecule has 0 saturated heterocycles. The molecule has 1 rings (SSSR count). The van der Waals surface area contributed by atoms with Crippen LogP contribution in [-0.2, 0) is 0 Å². The minimum atomic E-state index is -0.823. The number of allylic oxidation sites excluding steroid dienone is 4. The Kier molecular flexibility index (Phi) is 4.58. The molecule has 17 heavy (non-hydrogen) atoms. The molecule has 0 aliphatic carbocycles. The molecule has 0 fully saturated rings. The number of carbonyl (C=O) groups is 1. The largest absolute Gasteiger partial charge is 0.436 e. The maximum Gasteiger partial charge on any atom is 0.291 e. The van der Waals surface area contributed by atoms with Crippen LogP contribution < -0.4 is 11.1 Å². The van der Waals surface area contributed by atoms with Gasteiger partial charge < -0.3 is 15.5 Å². The number of amides is 1. The van der Waals surface area contributed by atoms with Crippen molar-refractivity contribution in [3.63, 3.8) is 0 Å². The van der Waals surface area contributed by atoms with Crippen LogP contribution in [0.5, 0.6) is 0 Å². The lowest BCUT2D eigenvalue weighted by atomic mass is 10.3. The fourth-order valence-corrected chi connectivity index (χ4v) is 1.02. The summed E-state index contributed by atoms with van der Waals surface area (Å²) in [6.45, 7) is -0.823. The van der Waals surface area contributed by atoms with Gasteiger partial charge in [0.05, 0.1) is 0 Å². The summed E-state index contributed by atoms with van der Waals surface area (Å²) in [5, 5.41) is 2.33. The number of halogens is 1. The number of nitrogen functional groups attached to an aromatic ring is 1. The van der Waals surface area contributed by atoms with E-state index in [1.165, 1.54) is 30.4 Å². The van der Waals surface area contributed by atoms with E-state index in [9.17, 15) is 9.18 Å². The Morgan fingerprint density at radius 3 is 2.94 bits per heavy atom. The molecule has 0 saturated carbocycles. The maximum atomic E-state index is 12.5. The minimum absolute atomic E-state index is 0.0165. The second-order valence-corrected chi connectivity index (χ2v) is 3.01. The maximum absolute atomic E-state index is 12.5. The van der Waals surface area contributed by atoms with Crippen LogP contribution in [0.25, 0.3) is 0 Å². The lowest BCUT2D eigenvalue weighted by molar-refractivity contribution is 0.0937. The zero-order chi connectivity index (χ0) is 12.7. The average molecular weight is 234 g/mol. The van der Waals surface area contributed by atoms with Gasteiger partial charge in [-0.15, -0.1) is 6.42 Å². The van der Waals surface area contributed by atoms with Crippen LogP contribution in [0.15, 0.2) is 40.5 Å². The molecule has 88 valence electrons. The van der Waals surface area contributed by atoms with Gasteiger partial charge in [0.25, 0.3) is 5.91 Å². The van der Waals surface area contributed by atoms with Crippen LogP contribution in [0.3, 0.4) is 0 Å². The number of rotatable bonds is 4. The number of terminal acetylenes is 1. The molecule has 0 spiro atoms. The molecule has 0 atom stereocenters. The van der Waals surface area contributed by atoms with Crippen molar-refractivity contribution >= 4 is 11.8 Å². The van der Waals surface area contributed by atoms with Gasteiger partial charge in [-0.05, 0) is 18.2 Å². The summed E-state index contributed by atoms with van der Waals surface area (Å²) in [5.74, 6) is 1.81. The highest BCUT2D eigenvalue weighted by Crippen LogP contribution is 2.09. The highest BCUT2D eigenvalue weighted by molar-refractivity contribution is 5.93. The van der Waals surface area contributed by atoms with E-state index >= 15 is 0 Å². The number of furan rings is 1. The highest BCUT2D eigenvalue weighted by Gasteiger charge is 2.11. The SMILES string of the molecule is C#C/C=C\C=C(/CF)NC(=O)c1ccc(N)o1. The predicted molar refractivity (Wildman–Crippen MR) is 62.6 cm³/mol. The molecule has 1 aromatic rings. The fourth-order valence-electron chi connectivity index (χ4n) is 1.02. The first-order chi connectivity index (χ1) is 8.17. The minimum Gasteiger partial charge on any atom is -0.436 e. The van der Waals surface area contributed by atoms with Gasteiger partial charge in [0.1, 0.15) is 6.67 Å². The molecule has 0 aliphatic rings. The number of nitrogens with one attached hydrogen (secondary N) is 1. The lowest BCUT2D eigenvalue weighted by Crippen LogP contribution is -2.23. The monoisotopic (exact) mass is 234 g/mol. The van der Waals surface area contributed by atoms with Gasteiger partial charge >= 0.3 is 0 Å². The van der Waals surface area contributed by atoms with Gasteiger partial charge in [0.15, 0.2) is 11.6 Å². The van der Waals surface area contributed by atoms with E-state index in [-0.39, 0.29) is 17.3 Å². The summed E-state index contributed by atoms with van der Waals surface area (Å²) in [6, 6.07) is 2.84. The summed E-state index contributed by atoms with van der Waals surface area (Å²) >= 11 is 0. The van der Waals surface area contributed by atoms with Crippen molar-refractivity contribution in [2.24, 2.45) is 0 Å². The Morgan fingerprint density at radius 2 is 2.41 bits per heavy atom. The fraction of sp³-hybridized carbons (Fsp3) is 0.0833. The Hall–Kier alpha value is -2.48. The standard InChI is InChI=1S/C12H11FN2O2/c1-2-3-4-5-9(8-13)15-12(16)10-6-7-11(14)17-10/h1,3-7H,8,14H2,(H,15,16)/b4-3-,9-5+. The normalized spacial score (nSPS) is 11.4. The molecule has 0 radical (unpaired) electrons. The van der Waals surface area contributed by atoms with Crippen LogP contribution >= 0.6 is 0 Å². The summed E-state index contributed by atoms with van der Waals surface area (Å²) in [6.07, 6.45) is 9.17. The number of alkyl halides is 1. The summed E-state index contributed by atoms with van der Waals surface area (Å²) in [7, 11) is 0. The molecule has 5 heteroatoms. The average Bonchev–Trinajstić information content (AvgIpc) is 2.74. The second kappa shape index (κ2) is 6.18. The third-order valence-electron chi connectivity index (χ3n) is 1.76. The Bertz CT molecular complexity index is 495. The summed E-state index contributed by atoms with van der Waals surface area (Å²) in [4.78, 5) is 11.5. The molecular formula is C12H11FN2O2. The molecule has 0 aliphatic heterocycles. The van der Waals surface area contributed by atoms with E-state index in [0.717, 1.165) is 0 Å². The first-order valence-corrected chi connectivity index (χ1v) is 4.72. The van der Waals surface area contributed by atoms with Crippen molar-refractivity contribution in [3.8, 4) is 12.3 Å².